The summed E-state index contributed by atoms with van der Waals surface area (Å²) in [6.45, 7) is 2.91. The number of halogens is 3. The van der Waals surface area contributed by atoms with Crippen LogP contribution in [0.3, 0.4) is 0 Å². The Kier molecular flexibility index (Phi) is 8.04. The Morgan fingerprint density at radius 3 is 2.42 bits per heavy atom. The van der Waals surface area contributed by atoms with Crippen LogP contribution in [0.1, 0.15) is 55.6 Å². The number of allylic oxidation sites excluding steroid dienone is 2. The molecule has 2 atom stereocenters. The fraction of sp³-hybridized carbons (Fsp3) is 0.556. The van der Waals surface area contributed by atoms with Crippen LogP contribution >= 0.6 is 43.5 Å². The Hall–Kier alpha value is -1.51. The van der Waals surface area contributed by atoms with Gasteiger partial charge in [0.1, 0.15) is 0 Å². The molecule has 1 aromatic rings. The van der Waals surface area contributed by atoms with Crippen molar-refractivity contribution in [2.24, 2.45) is 17.6 Å². The summed E-state index contributed by atoms with van der Waals surface area (Å²) in [5, 5.41) is 4.46. The molecule has 3 heterocycles. The minimum atomic E-state index is -0.357. The van der Waals surface area contributed by atoms with Crippen LogP contribution in [-0.4, -0.2) is 54.0 Å². The SMILES string of the molecule is NC(=O)N1CCC(CC(=O)N2CCC(C3c4c(Br)cc(Cl)cc4CCC4=CC(Br)=CNC43)CC2)CC1. The van der Waals surface area contributed by atoms with E-state index in [1.165, 1.54) is 16.7 Å². The van der Waals surface area contributed by atoms with E-state index in [0.29, 0.717) is 37.3 Å². The van der Waals surface area contributed by atoms with Crippen LogP contribution in [0.4, 0.5) is 4.79 Å². The fourth-order valence-electron chi connectivity index (χ4n) is 6.56. The highest BCUT2D eigenvalue weighted by atomic mass is 79.9. The largest absolute Gasteiger partial charge is 0.383 e. The Labute approximate surface area is 234 Å². The number of fused-ring (bicyclic) bond motifs is 2. The van der Waals surface area contributed by atoms with Crippen molar-refractivity contribution in [1.29, 1.82) is 0 Å². The average Bonchev–Trinajstić information content (AvgIpc) is 3.01. The molecule has 6 nitrogen and oxygen atoms in total. The number of amides is 3. The average molecular weight is 641 g/mol. The fourth-order valence-corrected chi connectivity index (χ4v) is 8.12. The number of hydrogen-bond acceptors (Lipinski definition) is 3. The normalized spacial score (nSPS) is 25.2. The van der Waals surface area contributed by atoms with E-state index in [-0.39, 0.29) is 18.0 Å². The smallest absolute Gasteiger partial charge is 0.314 e. The van der Waals surface area contributed by atoms with Gasteiger partial charge in [-0.2, -0.15) is 0 Å². The van der Waals surface area contributed by atoms with Gasteiger partial charge in [-0.1, -0.05) is 27.5 Å². The van der Waals surface area contributed by atoms with Crippen LogP contribution in [0.25, 0.3) is 0 Å². The Morgan fingerprint density at radius 2 is 1.72 bits per heavy atom. The molecule has 3 N–H and O–H groups in total. The van der Waals surface area contributed by atoms with Crippen LogP contribution in [0, 0.1) is 11.8 Å². The number of likely N-dealkylation sites (tertiary alicyclic amines) is 2. The lowest BCUT2D eigenvalue weighted by molar-refractivity contribution is -0.134. The van der Waals surface area contributed by atoms with Crippen molar-refractivity contribution >= 4 is 55.4 Å². The van der Waals surface area contributed by atoms with Gasteiger partial charge in [0.25, 0.3) is 0 Å². The number of rotatable bonds is 3. The quantitative estimate of drug-likeness (QED) is 0.446. The van der Waals surface area contributed by atoms with Gasteiger partial charge < -0.3 is 20.9 Å². The molecule has 1 aromatic carbocycles. The zero-order valence-electron chi connectivity index (χ0n) is 20.3. The second kappa shape index (κ2) is 11.1. The maximum Gasteiger partial charge on any atom is 0.314 e. The zero-order chi connectivity index (χ0) is 25.4. The van der Waals surface area contributed by atoms with E-state index in [2.05, 4.69) is 60.4 Å². The van der Waals surface area contributed by atoms with E-state index >= 15 is 0 Å². The highest BCUT2D eigenvalue weighted by Crippen LogP contribution is 2.47. The number of aryl methyl sites for hydroxylation is 1. The summed E-state index contributed by atoms with van der Waals surface area (Å²) in [6.07, 6.45) is 10.6. The van der Waals surface area contributed by atoms with E-state index in [0.717, 1.165) is 65.6 Å². The maximum atomic E-state index is 13.1. The highest BCUT2D eigenvalue weighted by Gasteiger charge is 2.40. The zero-order valence-corrected chi connectivity index (χ0v) is 24.2. The van der Waals surface area contributed by atoms with E-state index in [1.54, 1.807) is 4.90 Å². The van der Waals surface area contributed by atoms with E-state index in [9.17, 15) is 9.59 Å². The van der Waals surface area contributed by atoms with Gasteiger partial charge in [-0.25, -0.2) is 4.79 Å². The van der Waals surface area contributed by atoms with Gasteiger partial charge in [0.05, 0.1) is 6.04 Å². The van der Waals surface area contributed by atoms with Gasteiger partial charge in [0.2, 0.25) is 5.91 Å². The van der Waals surface area contributed by atoms with E-state index in [4.69, 9.17) is 17.3 Å². The molecule has 1 aliphatic carbocycles. The highest BCUT2D eigenvalue weighted by molar-refractivity contribution is 9.12. The summed E-state index contributed by atoms with van der Waals surface area (Å²) in [4.78, 5) is 28.3. The number of nitrogens with zero attached hydrogens (tertiary/aromatic N) is 2. The summed E-state index contributed by atoms with van der Waals surface area (Å²) in [5.74, 6) is 1.37. The minimum Gasteiger partial charge on any atom is -0.383 e. The number of hydrogen-bond donors (Lipinski definition) is 2. The molecular formula is C27H33Br2ClN4O2. The summed E-state index contributed by atoms with van der Waals surface area (Å²) in [5.41, 5.74) is 9.52. The molecule has 36 heavy (non-hydrogen) atoms. The summed E-state index contributed by atoms with van der Waals surface area (Å²) >= 11 is 14.0. The van der Waals surface area contributed by atoms with Crippen LogP contribution in [0.2, 0.25) is 5.02 Å². The predicted octanol–water partition coefficient (Wildman–Crippen LogP) is 5.69. The molecule has 2 fully saturated rings. The first-order valence-corrected chi connectivity index (χ1v) is 14.9. The topological polar surface area (TPSA) is 78.7 Å². The molecule has 9 heteroatoms. The van der Waals surface area contributed by atoms with Crippen molar-refractivity contribution in [3.05, 3.63) is 55.1 Å². The molecule has 0 bridgehead atoms. The Balaban J connectivity index is 1.28. The van der Waals surface area contributed by atoms with Crippen LogP contribution in [0.5, 0.6) is 0 Å². The number of piperidine rings is 2. The third kappa shape index (κ3) is 5.51. The van der Waals surface area contributed by atoms with Crippen LogP contribution in [-0.2, 0) is 11.2 Å². The summed E-state index contributed by atoms with van der Waals surface area (Å²) in [6, 6.07) is 4.05. The first kappa shape index (κ1) is 26.1. The summed E-state index contributed by atoms with van der Waals surface area (Å²) < 4.78 is 2.17. The molecule has 3 aliphatic heterocycles. The van der Waals surface area contributed by atoms with Gasteiger partial charge >= 0.3 is 6.03 Å². The number of carbonyl (C=O) groups excluding carboxylic acids is 2. The Morgan fingerprint density at radius 1 is 1.03 bits per heavy atom. The van der Waals surface area contributed by atoms with Gasteiger partial charge in [-0.05, 0) is 101 Å². The molecule has 2 saturated heterocycles. The lowest BCUT2D eigenvalue weighted by atomic mass is 9.73. The number of nitrogens with one attached hydrogen (secondary N) is 1. The number of benzene rings is 1. The van der Waals surface area contributed by atoms with Crippen molar-refractivity contribution in [1.82, 2.24) is 15.1 Å². The van der Waals surface area contributed by atoms with Crippen LogP contribution < -0.4 is 11.1 Å². The molecule has 0 radical (unpaired) electrons. The molecule has 194 valence electrons. The molecule has 3 amide bonds. The number of carbonyl (C=O) groups is 2. The predicted molar refractivity (Wildman–Crippen MR) is 150 cm³/mol. The number of nitrogens with two attached hydrogens (primary N) is 1. The van der Waals surface area contributed by atoms with Gasteiger partial charge in [-0.3, -0.25) is 4.79 Å². The minimum absolute atomic E-state index is 0.243. The standard InChI is InChI=1S/C27H33Br2ClN4O2/c28-20-12-19-2-1-18-13-21(30)14-22(29)24(18)25(26(19)32-15-20)17-5-9-33(10-6-17)23(35)11-16-3-7-34(8-4-16)27(31)36/h12-17,25-26,32H,1-11H2,(H2,31,36). The molecule has 4 aliphatic rings. The van der Waals surface area contributed by atoms with Crippen LogP contribution in [0.15, 0.2) is 38.9 Å². The van der Waals surface area contributed by atoms with E-state index < -0.39 is 0 Å². The molecule has 0 saturated carbocycles. The molecule has 5 rings (SSSR count). The van der Waals surface area contributed by atoms with Crippen molar-refractivity contribution < 1.29 is 9.59 Å². The second-order valence-electron chi connectivity index (χ2n) is 10.6. The van der Waals surface area contributed by atoms with Crippen molar-refractivity contribution in [2.75, 3.05) is 26.2 Å². The first-order valence-electron chi connectivity index (χ1n) is 12.9. The van der Waals surface area contributed by atoms with Crippen molar-refractivity contribution in [2.45, 2.75) is 56.9 Å². The lowest BCUT2D eigenvalue weighted by Gasteiger charge is -2.41. The third-order valence-electron chi connectivity index (χ3n) is 8.47. The van der Waals surface area contributed by atoms with E-state index in [1.807, 2.05) is 6.07 Å². The molecule has 0 aromatic heterocycles. The monoisotopic (exact) mass is 638 g/mol. The summed E-state index contributed by atoms with van der Waals surface area (Å²) in [7, 11) is 0. The first-order chi connectivity index (χ1) is 17.3. The second-order valence-corrected chi connectivity index (χ2v) is 12.8. The molecule has 0 spiro atoms. The third-order valence-corrected chi connectivity index (χ3v) is 9.80. The number of primary amides is 1. The molecular weight excluding hydrogens is 608 g/mol. The lowest BCUT2D eigenvalue weighted by Crippen LogP contribution is -2.45. The number of dihydropyridines is 1. The maximum absolute atomic E-state index is 13.1. The molecule has 2 unspecified atom stereocenters. The Bertz CT molecular complexity index is 1090. The van der Waals surface area contributed by atoms with Gasteiger partial charge in [0.15, 0.2) is 0 Å². The number of urea groups is 1. The van der Waals surface area contributed by atoms with Crippen molar-refractivity contribution in [3.63, 3.8) is 0 Å². The van der Waals surface area contributed by atoms with Gasteiger partial charge in [-0.15, -0.1) is 0 Å². The van der Waals surface area contributed by atoms with Gasteiger partial charge in [0, 0.05) is 58.7 Å². The van der Waals surface area contributed by atoms with Crippen molar-refractivity contribution in [3.8, 4) is 0 Å².